The predicted molar refractivity (Wildman–Crippen MR) is 94.0 cm³/mol. The highest BCUT2D eigenvalue weighted by atomic mass is 14.4. The summed E-state index contributed by atoms with van der Waals surface area (Å²) in [5, 5.41) is 0. The van der Waals surface area contributed by atoms with E-state index >= 15 is 0 Å². The molecule has 22 heavy (non-hydrogen) atoms. The van der Waals surface area contributed by atoms with Crippen molar-refractivity contribution in [1.29, 1.82) is 0 Å². The van der Waals surface area contributed by atoms with Crippen molar-refractivity contribution in [2.75, 3.05) is 0 Å². The highest BCUT2D eigenvalue weighted by Gasteiger charge is 2.38. The molecule has 110 valence electrons. The van der Waals surface area contributed by atoms with E-state index in [0.29, 0.717) is 0 Å². The second-order valence-electron chi connectivity index (χ2n) is 4.96. The molecule has 0 fully saturated rings. The summed E-state index contributed by atoms with van der Waals surface area (Å²) in [6.07, 6.45) is 0. The highest BCUT2D eigenvalue weighted by Crippen LogP contribution is 2.44. The summed E-state index contributed by atoms with van der Waals surface area (Å²) in [4.78, 5) is 0. The normalized spacial score (nSPS) is 21.1. The van der Waals surface area contributed by atoms with Crippen LogP contribution >= 0.6 is 0 Å². The molecule has 0 atom stereocenters. The van der Waals surface area contributed by atoms with Crippen LogP contribution in [0.1, 0.15) is 51.1 Å². The molecule has 0 amide bonds. The van der Waals surface area contributed by atoms with Gasteiger partial charge in [-0.3, -0.25) is 0 Å². The van der Waals surface area contributed by atoms with Gasteiger partial charge in [0.05, 0.1) is 20.6 Å². The second-order valence-corrected chi connectivity index (χ2v) is 4.96. The van der Waals surface area contributed by atoms with Crippen LogP contribution in [0.15, 0.2) is 90.6 Å². The maximum atomic E-state index is 8.69. The SMILES string of the molecule is [2H]c1c([2H])c([2H])c(C(c2c([2H])c([2H])c([2H])c([2H])c2[2H])(c2c([2H])c([2H])c([2H])c([2H])c2[2H])C(C)C)c([2H])c1[2H]. The van der Waals surface area contributed by atoms with Crippen molar-refractivity contribution < 1.29 is 20.6 Å². The molecule has 0 heteroatoms. The van der Waals surface area contributed by atoms with E-state index < -0.39 is 119 Å². The summed E-state index contributed by atoms with van der Waals surface area (Å²) in [7, 11) is 0. The molecule has 3 aromatic carbocycles. The zero-order valence-electron chi connectivity index (χ0n) is 27.1. The standard InChI is InChI=1S/C22H22/c1-18(2)22(19-12-6-3-7-13-19,20-14-8-4-9-15-20)21-16-10-5-11-17-21/h3-18H,1-2H3/i3D,4D,5D,6D,7D,8D,9D,10D,11D,12D,13D,14D,15D,16D,17D. The van der Waals surface area contributed by atoms with Crippen LogP contribution in [0.3, 0.4) is 0 Å². The maximum Gasteiger partial charge on any atom is 0.0626 e. The minimum Gasteiger partial charge on any atom is -0.0622 e. The Hall–Kier alpha value is -2.34. The van der Waals surface area contributed by atoms with Crippen LogP contribution in [0.25, 0.3) is 0 Å². The third-order valence-corrected chi connectivity index (χ3v) is 3.55. The van der Waals surface area contributed by atoms with Crippen LogP contribution in [0, 0.1) is 5.92 Å². The maximum absolute atomic E-state index is 8.69. The zero-order valence-corrected chi connectivity index (χ0v) is 12.1. The van der Waals surface area contributed by atoms with Gasteiger partial charge in [0.1, 0.15) is 0 Å². The smallest absolute Gasteiger partial charge is 0.0622 e. The van der Waals surface area contributed by atoms with Crippen LogP contribution in [0.5, 0.6) is 0 Å². The number of hydrogen-bond acceptors (Lipinski definition) is 0. The van der Waals surface area contributed by atoms with E-state index in [2.05, 4.69) is 0 Å². The number of rotatable bonds is 4. The van der Waals surface area contributed by atoms with Crippen molar-refractivity contribution in [3.05, 3.63) is 107 Å². The van der Waals surface area contributed by atoms with Crippen LogP contribution < -0.4 is 0 Å². The molecule has 0 aliphatic rings. The van der Waals surface area contributed by atoms with Gasteiger partial charge in [-0.2, -0.15) is 0 Å². The van der Waals surface area contributed by atoms with Crippen molar-refractivity contribution in [2.24, 2.45) is 5.92 Å². The summed E-state index contributed by atoms with van der Waals surface area (Å²) >= 11 is 0. The quantitative estimate of drug-likeness (QED) is 0.544. The van der Waals surface area contributed by atoms with Gasteiger partial charge in [-0.25, -0.2) is 0 Å². The van der Waals surface area contributed by atoms with E-state index in [1.165, 1.54) is 13.8 Å². The van der Waals surface area contributed by atoms with E-state index in [4.69, 9.17) is 20.6 Å². The summed E-state index contributed by atoms with van der Waals surface area (Å²) in [6.45, 7) is 2.92. The lowest BCUT2D eigenvalue weighted by molar-refractivity contribution is 0.438. The van der Waals surface area contributed by atoms with E-state index in [-0.39, 0.29) is 0 Å². The van der Waals surface area contributed by atoms with Gasteiger partial charge in [0.15, 0.2) is 0 Å². The summed E-state index contributed by atoms with van der Waals surface area (Å²) in [5.41, 5.74) is -4.05. The first-order chi connectivity index (χ1) is 17.0. The Morgan fingerprint density at radius 3 is 1.09 bits per heavy atom. The second kappa shape index (κ2) is 6.19. The van der Waals surface area contributed by atoms with Crippen molar-refractivity contribution >= 4 is 0 Å². The predicted octanol–water partition coefficient (Wildman–Crippen LogP) is 5.68. The molecule has 0 heterocycles. The topological polar surface area (TPSA) is 0 Å². The van der Waals surface area contributed by atoms with Crippen LogP contribution in [-0.2, 0) is 5.41 Å². The molecule has 0 bridgehead atoms. The largest absolute Gasteiger partial charge is 0.0626 e. The van der Waals surface area contributed by atoms with Gasteiger partial charge >= 0.3 is 0 Å². The highest BCUT2D eigenvalue weighted by molar-refractivity contribution is 5.50. The monoisotopic (exact) mass is 301 g/mol. The molecule has 0 radical (unpaired) electrons. The third kappa shape index (κ3) is 2.35. The van der Waals surface area contributed by atoms with Crippen LogP contribution in [0.4, 0.5) is 0 Å². The van der Waals surface area contributed by atoms with E-state index in [1.807, 2.05) is 0 Å². The van der Waals surface area contributed by atoms with Gasteiger partial charge in [-0.15, -0.1) is 0 Å². The van der Waals surface area contributed by atoms with E-state index in [9.17, 15) is 0 Å². The van der Waals surface area contributed by atoms with E-state index in [0.717, 1.165) is 0 Å². The Morgan fingerprint density at radius 1 is 0.591 bits per heavy atom. The van der Waals surface area contributed by atoms with Gasteiger partial charge in [-0.05, 0) is 22.6 Å². The summed E-state index contributed by atoms with van der Waals surface area (Å²) in [5.74, 6) is -1.04. The fourth-order valence-electron chi connectivity index (χ4n) is 2.58. The molecular formula is C22H22. The molecule has 0 N–H and O–H groups in total. The Balaban J connectivity index is 2.90. The Morgan fingerprint density at radius 2 is 0.864 bits per heavy atom. The zero-order chi connectivity index (χ0) is 28.5. The molecule has 0 saturated carbocycles. The van der Waals surface area contributed by atoms with Gasteiger partial charge in [0.2, 0.25) is 0 Å². The number of hydrogen-bond donors (Lipinski definition) is 0. The van der Waals surface area contributed by atoms with Crippen LogP contribution in [-0.4, -0.2) is 0 Å². The average molecular weight is 302 g/mol. The molecule has 0 saturated heterocycles. The van der Waals surface area contributed by atoms with Gasteiger partial charge in [0.25, 0.3) is 0 Å². The minimum atomic E-state index is -2.35. The average Bonchev–Trinajstić information content (AvgIpc) is 2.85. The van der Waals surface area contributed by atoms with Crippen molar-refractivity contribution in [3.63, 3.8) is 0 Å². The summed E-state index contributed by atoms with van der Waals surface area (Å²) < 4.78 is 126. The van der Waals surface area contributed by atoms with Crippen molar-refractivity contribution in [3.8, 4) is 0 Å². The lowest BCUT2D eigenvalue weighted by atomic mass is 9.63. The third-order valence-electron chi connectivity index (χ3n) is 3.55. The number of benzene rings is 3. The van der Waals surface area contributed by atoms with Crippen molar-refractivity contribution in [2.45, 2.75) is 19.3 Å². The molecule has 0 nitrogen and oxygen atoms in total. The summed E-state index contributed by atoms with van der Waals surface area (Å²) in [6, 6.07) is -11.8. The van der Waals surface area contributed by atoms with Gasteiger partial charge < -0.3 is 0 Å². The molecule has 0 aliphatic heterocycles. The van der Waals surface area contributed by atoms with Crippen molar-refractivity contribution in [1.82, 2.24) is 0 Å². The fraction of sp³-hybridized carbons (Fsp3) is 0.182. The first kappa shape index (κ1) is 5.09. The fourth-order valence-corrected chi connectivity index (χ4v) is 2.58. The Labute approximate surface area is 154 Å². The lowest BCUT2D eigenvalue weighted by Gasteiger charge is -2.39. The Bertz CT molecular complexity index is 1200. The lowest BCUT2D eigenvalue weighted by Crippen LogP contribution is -2.35. The van der Waals surface area contributed by atoms with E-state index in [1.54, 1.807) is 0 Å². The molecule has 0 spiro atoms. The molecule has 0 aliphatic carbocycles. The van der Waals surface area contributed by atoms with Crippen LogP contribution in [0.2, 0.25) is 0 Å². The minimum absolute atomic E-state index is 0.564. The van der Waals surface area contributed by atoms with Gasteiger partial charge in [-0.1, -0.05) is 104 Å². The molecule has 3 aromatic rings. The molecule has 3 rings (SSSR count). The first-order valence-electron chi connectivity index (χ1n) is 14.2. The first-order valence-corrected chi connectivity index (χ1v) is 6.69. The molecule has 0 unspecified atom stereocenters. The Kier molecular flexibility index (Phi) is 1.43. The molecule has 0 aromatic heterocycles. The van der Waals surface area contributed by atoms with Gasteiger partial charge in [0, 0.05) is 5.41 Å². The molecular weight excluding hydrogens is 264 g/mol.